The summed E-state index contributed by atoms with van der Waals surface area (Å²) in [6.07, 6.45) is 3.39. The molecule has 0 spiro atoms. The van der Waals surface area contributed by atoms with Gasteiger partial charge in [0.25, 0.3) is 0 Å². The molecule has 0 radical (unpaired) electrons. The highest BCUT2D eigenvalue weighted by molar-refractivity contribution is 7.91. The molecular formula is C20H22N2O4S. The Morgan fingerprint density at radius 2 is 1.15 bits per heavy atom. The molecule has 0 unspecified atom stereocenters. The smallest absolute Gasteiger partial charge is 0.154 e. The summed E-state index contributed by atoms with van der Waals surface area (Å²) in [6.45, 7) is 0. The first-order chi connectivity index (χ1) is 13.0. The van der Waals surface area contributed by atoms with Crippen LogP contribution in [-0.2, 0) is 9.84 Å². The van der Waals surface area contributed by atoms with Gasteiger partial charge in [0.1, 0.15) is 11.5 Å². The maximum atomic E-state index is 12.1. The fourth-order valence-electron chi connectivity index (χ4n) is 2.84. The van der Waals surface area contributed by atoms with Gasteiger partial charge >= 0.3 is 0 Å². The molecule has 1 aliphatic rings. The van der Waals surface area contributed by atoms with Crippen molar-refractivity contribution in [2.45, 2.75) is 12.1 Å². The zero-order chi connectivity index (χ0) is 19.3. The van der Waals surface area contributed by atoms with Crippen LogP contribution in [0.25, 0.3) is 0 Å². The minimum Gasteiger partial charge on any atom is -0.497 e. The Bertz CT molecular complexity index is 848. The molecule has 6 nitrogen and oxygen atoms in total. The molecular weight excluding hydrogens is 364 g/mol. The van der Waals surface area contributed by atoms with Crippen molar-refractivity contribution in [2.24, 2.45) is 9.98 Å². The van der Waals surface area contributed by atoms with Crippen molar-refractivity contribution in [1.29, 1.82) is 0 Å². The topological polar surface area (TPSA) is 77.3 Å². The third kappa shape index (κ3) is 5.17. The number of methoxy groups -OCH3 is 2. The Hall–Kier alpha value is -2.67. The molecule has 0 amide bonds. The van der Waals surface area contributed by atoms with E-state index in [0.29, 0.717) is 0 Å². The van der Waals surface area contributed by atoms with Gasteiger partial charge < -0.3 is 9.47 Å². The van der Waals surface area contributed by atoms with Gasteiger partial charge in [0.15, 0.2) is 9.84 Å². The van der Waals surface area contributed by atoms with E-state index in [-0.39, 0.29) is 23.6 Å². The van der Waals surface area contributed by atoms with E-state index in [1.807, 2.05) is 48.5 Å². The quantitative estimate of drug-likeness (QED) is 0.715. The van der Waals surface area contributed by atoms with Crippen LogP contribution < -0.4 is 9.47 Å². The molecule has 1 aliphatic heterocycles. The van der Waals surface area contributed by atoms with Gasteiger partial charge in [-0.15, -0.1) is 0 Å². The Kier molecular flexibility index (Phi) is 5.91. The molecule has 3 rings (SSSR count). The van der Waals surface area contributed by atoms with E-state index >= 15 is 0 Å². The number of sulfone groups is 1. The molecule has 1 fully saturated rings. The number of benzene rings is 2. The molecule has 0 aliphatic carbocycles. The largest absolute Gasteiger partial charge is 0.497 e. The van der Waals surface area contributed by atoms with Crippen molar-refractivity contribution in [3.63, 3.8) is 0 Å². The summed E-state index contributed by atoms with van der Waals surface area (Å²) in [6, 6.07) is 14.1. The lowest BCUT2D eigenvalue weighted by Crippen LogP contribution is -2.20. The van der Waals surface area contributed by atoms with Crippen LogP contribution in [-0.4, -0.2) is 58.7 Å². The summed E-state index contributed by atoms with van der Waals surface area (Å²) in [5, 5.41) is 0. The lowest BCUT2D eigenvalue weighted by molar-refractivity contribution is 0.414. The van der Waals surface area contributed by atoms with Gasteiger partial charge in [-0.25, -0.2) is 8.42 Å². The highest BCUT2D eigenvalue weighted by Crippen LogP contribution is 2.20. The number of aliphatic imine (C=N–C) groups is 2. The molecule has 27 heavy (non-hydrogen) atoms. The van der Waals surface area contributed by atoms with Crippen molar-refractivity contribution in [2.75, 3.05) is 25.7 Å². The first-order valence-electron chi connectivity index (χ1n) is 8.54. The molecule has 142 valence electrons. The summed E-state index contributed by atoms with van der Waals surface area (Å²) in [7, 11) is 0.0758. The second-order valence-electron chi connectivity index (χ2n) is 6.31. The second kappa shape index (κ2) is 8.35. The first-order valence-corrected chi connectivity index (χ1v) is 10.4. The molecule has 1 saturated heterocycles. The van der Waals surface area contributed by atoms with Gasteiger partial charge in [0.2, 0.25) is 0 Å². The first kappa shape index (κ1) is 19.1. The van der Waals surface area contributed by atoms with E-state index in [2.05, 4.69) is 9.98 Å². The molecule has 0 saturated carbocycles. The summed E-state index contributed by atoms with van der Waals surface area (Å²) in [4.78, 5) is 8.97. The molecule has 0 aromatic heterocycles. The fraction of sp³-hybridized carbons (Fsp3) is 0.300. The maximum absolute atomic E-state index is 12.1. The predicted molar refractivity (Wildman–Crippen MR) is 107 cm³/mol. The molecule has 0 bridgehead atoms. The zero-order valence-electron chi connectivity index (χ0n) is 15.3. The van der Waals surface area contributed by atoms with Crippen molar-refractivity contribution in [1.82, 2.24) is 0 Å². The van der Waals surface area contributed by atoms with Crippen molar-refractivity contribution in [3.05, 3.63) is 59.7 Å². The Balaban J connectivity index is 1.73. The molecule has 1 heterocycles. The van der Waals surface area contributed by atoms with Crippen LogP contribution in [0.1, 0.15) is 11.1 Å². The minimum atomic E-state index is -3.14. The van der Waals surface area contributed by atoms with Crippen LogP contribution in [0.5, 0.6) is 11.5 Å². The van der Waals surface area contributed by atoms with E-state index in [4.69, 9.17) is 9.47 Å². The Morgan fingerprint density at radius 3 is 1.48 bits per heavy atom. The standard InChI is InChI=1S/C20H22N2O4S/c1-25-17-7-3-15(4-8-17)11-21-19-13-27(23,24)14-20(19)22-12-16-5-9-18(26-2)10-6-16/h3-12,19-20H,13-14H2,1-2H3/t19-,20-/m1/s1. The van der Waals surface area contributed by atoms with Crippen molar-refractivity contribution < 1.29 is 17.9 Å². The number of nitrogens with zero attached hydrogens (tertiary/aromatic N) is 2. The zero-order valence-corrected chi connectivity index (χ0v) is 16.1. The Labute approximate surface area is 159 Å². The number of hydrogen-bond donors (Lipinski definition) is 0. The van der Waals surface area contributed by atoms with Crippen LogP contribution in [0.15, 0.2) is 58.5 Å². The lowest BCUT2D eigenvalue weighted by atomic mass is 10.1. The van der Waals surface area contributed by atoms with Crippen LogP contribution in [0, 0.1) is 0 Å². The molecule has 7 heteroatoms. The van der Waals surface area contributed by atoms with Crippen LogP contribution >= 0.6 is 0 Å². The van der Waals surface area contributed by atoms with Gasteiger partial charge in [0.05, 0.1) is 37.8 Å². The number of hydrogen-bond acceptors (Lipinski definition) is 6. The monoisotopic (exact) mass is 386 g/mol. The van der Waals surface area contributed by atoms with E-state index in [1.165, 1.54) is 0 Å². The average Bonchev–Trinajstić information content (AvgIpc) is 2.99. The summed E-state index contributed by atoms with van der Waals surface area (Å²) in [5.41, 5.74) is 1.77. The molecule has 2 atom stereocenters. The lowest BCUT2D eigenvalue weighted by Gasteiger charge is -2.09. The van der Waals surface area contributed by atoms with Crippen LogP contribution in [0.4, 0.5) is 0 Å². The summed E-state index contributed by atoms with van der Waals surface area (Å²) < 4.78 is 34.4. The Morgan fingerprint density at radius 1 is 0.778 bits per heavy atom. The predicted octanol–water partition coefficient (Wildman–Crippen LogP) is 2.41. The number of ether oxygens (including phenoxy) is 2. The van der Waals surface area contributed by atoms with Crippen LogP contribution in [0.3, 0.4) is 0 Å². The van der Waals surface area contributed by atoms with E-state index in [1.54, 1.807) is 26.6 Å². The summed E-state index contributed by atoms with van der Waals surface area (Å²) >= 11 is 0. The van der Waals surface area contributed by atoms with Crippen molar-refractivity contribution in [3.8, 4) is 11.5 Å². The van der Waals surface area contributed by atoms with Gasteiger partial charge in [0, 0.05) is 12.4 Å². The van der Waals surface area contributed by atoms with Gasteiger partial charge in [-0.3, -0.25) is 9.98 Å². The average molecular weight is 386 g/mol. The SMILES string of the molecule is COc1ccc(C=N[C@@H]2CS(=O)(=O)C[C@H]2N=Cc2ccc(OC)cc2)cc1. The molecule has 2 aromatic rings. The highest BCUT2D eigenvalue weighted by atomic mass is 32.2. The van der Waals surface area contributed by atoms with Gasteiger partial charge in [-0.1, -0.05) is 0 Å². The normalized spacial score (nSPS) is 21.7. The maximum Gasteiger partial charge on any atom is 0.154 e. The molecule has 2 aromatic carbocycles. The summed E-state index contributed by atoms with van der Waals surface area (Å²) in [5.74, 6) is 1.56. The van der Waals surface area contributed by atoms with E-state index in [0.717, 1.165) is 22.6 Å². The van der Waals surface area contributed by atoms with Crippen LogP contribution in [0.2, 0.25) is 0 Å². The minimum absolute atomic E-state index is 0.0181. The fourth-order valence-corrected chi connectivity index (χ4v) is 4.63. The number of rotatable bonds is 6. The highest BCUT2D eigenvalue weighted by Gasteiger charge is 2.36. The van der Waals surface area contributed by atoms with Crippen molar-refractivity contribution >= 4 is 22.3 Å². The van der Waals surface area contributed by atoms with Gasteiger partial charge in [-0.05, 0) is 59.7 Å². The van der Waals surface area contributed by atoms with E-state index in [9.17, 15) is 8.42 Å². The third-order valence-electron chi connectivity index (χ3n) is 4.36. The molecule has 0 N–H and O–H groups in total. The van der Waals surface area contributed by atoms with E-state index < -0.39 is 9.84 Å². The second-order valence-corrected chi connectivity index (χ2v) is 8.47. The van der Waals surface area contributed by atoms with Gasteiger partial charge in [-0.2, -0.15) is 0 Å². The third-order valence-corrected chi connectivity index (χ3v) is 6.05.